The fourth-order valence-electron chi connectivity index (χ4n) is 4.52. The second-order valence-corrected chi connectivity index (χ2v) is 8.34. The van der Waals surface area contributed by atoms with E-state index in [0.717, 1.165) is 10.7 Å². The van der Waals surface area contributed by atoms with Gasteiger partial charge in [-0.1, -0.05) is 6.07 Å². The number of fused-ring (bicyclic) bond motifs is 1. The molecular formula is C22H19F3N6O3. The predicted molar refractivity (Wildman–Crippen MR) is 112 cm³/mol. The number of piperidine rings is 1. The topological polar surface area (TPSA) is 102 Å². The number of benzene rings is 1. The van der Waals surface area contributed by atoms with Crippen molar-refractivity contribution in [2.24, 2.45) is 14.1 Å². The molecule has 5 rings (SSSR count). The van der Waals surface area contributed by atoms with E-state index < -0.39 is 23.8 Å². The van der Waals surface area contributed by atoms with E-state index in [1.807, 2.05) is 0 Å². The number of amides is 3. The molecular weight excluding hydrogens is 453 g/mol. The molecule has 2 aromatic heterocycles. The minimum atomic E-state index is -4.58. The van der Waals surface area contributed by atoms with E-state index in [1.54, 1.807) is 31.4 Å². The second-order valence-electron chi connectivity index (χ2n) is 8.34. The fraction of sp³-hybridized carbons (Fsp3) is 0.318. The van der Waals surface area contributed by atoms with Gasteiger partial charge in [-0.3, -0.25) is 29.1 Å². The van der Waals surface area contributed by atoms with Crippen LogP contribution in [-0.2, 0) is 36.4 Å². The first kappa shape index (κ1) is 21.9. The molecule has 1 saturated heterocycles. The zero-order valence-corrected chi connectivity index (χ0v) is 18.2. The van der Waals surface area contributed by atoms with E-state index >= 15 is 0 Å². The highest BCUT2D eigenvalue weighted by Crippen LogP contribution is 2.37. The smallest absolute Gasteiger partial charge is 0.322 e. The molecule has 176 valence electrons. The summed E-state index contributed by atoms with van der Waals surface area (Å²) >= 11 is 0. The highest BCUT2D eigenvalue weighted by atomic mass is 19.4. The van der Waals surface area contributed by atoms with Gasteiger partial charge in [0.2, 0.25) is 11.8 Å². The lowest BCUT2D eigenvalue weighted by Gasteiger charge is -2.29. The summed E-state index contributed by atoms with van der Waals surface area (Å²) in [7, 11) is 3.06. The van der Waals surface area contributed by atoms with Crippen LogP contribution in [0.1, 0.15) is 34.5 Å². The lowest BCUT2D eigenvalue weighted by Crippen LogP contribution is -2.52. The van der Waals surface area contributed by atoms with Gasteiger partial charge in [0.05, 0.1) is 17.6 Å². The van der Waals surface area contributed by atoms with Crippen LogP contribution in [0.15, 0.2) is 30.5 Å². The molecule has 1 atom stereocenters. The maximum Gasteiger partial charge on any atom is 0.435 e. The van der Waals surface area contributed by atoms with Crippen LogP contribution in [0.2, 0.25) is 0 Å². The molecule has 1 fully saturated rings. The summed E-state index contributed by atoms with van der Waals surface area (Å²) in [6.45, 7) is 0.188. The molecule has 0 bridgehead atoms. The molecule has 0 radical (unpaired) electrons. The van der Waals surface area contributed by atoms with Crippen LogP contribution >= 0.6 is 0 Å². The van der Waals surface area contributed by atoms with Gasteiger partial charge in [0.1, 0.15) is 6.04 Å². The Bertz CT molecular complexity index is 1360. The minimum absolute atomic E-state index is 0.158. The summed E-state index contributed by atoms with van der Waals surface area (Å²) in [5.74, 6) is -1.16. The van der Waals surface area contributed by atoms with Gasteiger partial charge in [0, 0.05) is 38.2 Å². The zero-order valence-electron chi connectivity index (χ0n) is 18.2. The van der Waals surface area contributed by atoms with Crippen molar-refractivity contribution in [2.45, 2.75) is 31.6 Å². The van der Waals surface area contributed by atoms with Crippen LogP contribution in [0, 0.1) is 0 Å². The molecule has 12 heteroatoms. The number of rotatable bonds is 3. The number of halogens is 3. The van der Waals surface area contributed by atoms with Gasteiger partial charge in [-0.05, 0) is 35.7 Å². The van der Waals surface area contributed by atoms with Gasteiger partial charge < -0.3 is 4.90 Å². The number of aryl methyl sites for hydroxylation is 2. The highest BCUT2D eigenvalue weighted by molar-refractivity contribution is 6.05. The fourth-order valence-corrected chi connectivity index (χ4v) is 4.52. The monoisotopic (exact) mass is 472 g/mol. The summed E-state index contributed by atoms with van der Waals surface area (Å²) in [6, 6.07) is 5.36. The summed E-state index contributed by atoms with van der Waals surface area (Å²) in [5, 5.41) is 10.1. The molecule has 0 unspecified atom stereocenters. The van der Waals surface area contributed by atoms with Crippen molar-refractivity contribution in [2.75, 3.05) is 0 Å². The Labute approximate surface area is 191 Å². The minimum Gasteiger partial charge on any atom is -0.322 e. The largest absolute Gasteiger partial charge is 0.435 e. The van der Waals surface area contributed by atoms with Crippen LogP contribution < -0.4 is 5.32 Å². The van der Waals surface area contributed by atoms with Crippen LogP contribution in [0.5, 0.6) is 0 Å². The molecule has 0 aliphatic carbocycles. The summed E-state index contributed by atoms with van der Waals surface area (Å²) in [5.41, 5.74) is 2.04. The standard InChI is InChI=1S/C22H19F3N6O3/c1-29-16(8-17(28-29)22(23,24)25)19-14(9-26-30(19)2)11-3-4-13-12(7-11)10-31(21(13)34)15-5-6-18(32)27-20(15)33/h3-4,7-9,15H,5-6,10H2,1-2H3,(H,27,32,33)/t15-/m0/s1. The maximum atomic E-state index is 13.2. The maximum absolute atomic E-state index is 13.2. The summed E-state index contributed by atoms with van der Waals surface area (Å²) in [4.78, 5) is 38.1. The van der Waals surface area contributed by atoms with Gasteiger partial charge in [-0.15, -0.1) is 0 Å². The number of aromatic nitrogens is 4. The summed E-state index contributed by atoms with van der Waals surface area (Å²) < 4.78 is 42.2. The van der Waals surface area contributed by atoms with Crippen molar-refractivity contribution in [3.8, 4) is 22.5 Å². The molecule has 34 heavy (non-hydrogen) atoms. The Morgan fingerprint density at radius 2 is 1.82 bits per heavy atom. The molecule has 3 amide bonds. The van der Waals surface area contributed by atoms with Crippen molar-refractivity contribution in [3.63, 3.8) is 0 Å². The number of hydrogen-bond acceptors (Lipinski definition) is 5. The first-order valence-corrected chi connectivity index (χ1v) is 10.5. The third kappa shape index (κ3) is 3.45. The SMILES string of the molecule is Cn1nc(C(F)(F)F)cc1-c1c(-c2ccc3c(c2)CN([C@H]2CCC(=O)NC2=O)C3=O)cnn1C. The quantitative estimate of drug-likeness (QED) is 0.590. The Kier molecular flexibility index (Phi) is 4.85. The number of nitrogens with zero attached hydrogens (tertiary/aromatic N) is 5. The van der Waals surface area contributed by atoms with Crippen LogP contribution in [0.4, 0.5) is 13.2 Å². The van der Waals surface area contributed by atoms with Gasteiger partial charge in [-0.25, -0.2) is 0 Å². The predicted octanol–water partition coefficient (Wildman–Crippen LogP) is 2.27. The Balaban J connectivity index is 1.50. The van der Waals surface area contributed by atoms with E-state index in [-0.39, 0.29) is 36.9 Å². The molecule has 2 aliphatic rings. The van der Waals surface area contributed by atoms with Crippen molar-refractivity contribution in [1.29, 1.82) is 0 Å². The molecule has 9 nitrogen and oxygen atoms in total. The molecule has 1 N–H and O–H groups in total. The van der Waals surface area contributed by atoms with Gasteiger partial charge in [0.15, 0.2) is 5.69 Å². The van der Waals surface area contributed by atoms with Crippen molar-refractivity contribution >= 4 is 17.7 Å². The Morgan fingerprint density at radius 3 is 2.50 bits per heavy atom. The van der Waals surface area contributed by atoms with E-state index in [0.29, 0.717) is 27.9 Å². The van der Waals surface area contributed by atoms with Crippen molar-refractivity contribution in [3.05, 3.63) is 47.3 Å². The molecule has 1 aromatic carbocycles. The average Bonchev–Trinajstić information content (AvgIpc) is 3.43. The molecule has 4 heterocycles. The van der Waals surface area contributed by atoms with Gasteiger partial charge in [-0.2, -0.15) is 23.4 Å². The van der Waals surface area contributed by atoms with Crippen LogP contribution in [-0.4, -0.2) is 48.2 Å². The molecule has 0 saturated carbocycles. The summed E-state index contributed by atoms with van der Waals surface area (Å²) in [6.07, 6.45) is -2.62. The third-order valence-corrected chi connectivity index (χ3v) is 6.19. The van der Waals surface area contributed by atoms with E-state index in [4.69, 9.17) is 0 Å². The van der Waals surface area contributed by atoms with Crippen LogP contribution in [0.25, 0.3) is 22.5 Å². The Morgan fingerprint density at radius 1 is 1.06 bits per heavy atom. The third-order valence-electron chi connectivity index (χ3n) is 6.19. The van der Waals surface area contributed by atoms with Gasteiger partial charge in [0.25, 0.3) is 5.91 Å². The van der Waals surface area contributed by atoms with E-state index in [9.17, 15) is 27.6 Å². The van der Waals surface area contributed by atoms with Crippen molar-refractivity contribution < 1.29 is 27.6 Å². The number of imide groups is 1. The Hall–Kier alpha value is -3.96. The lowest BCUT2D eigenvalue weighted by atomic mass is 9.99. The van der Waals surface area contributed by atoms with Crippen molar-refractivity contribution in [1.82, 2.24) is 29.8 Å². The van der Waals surface area contributed by atoms with E-state index in [2.05, 4.69) is 15.5 Å². The molecule has 3 aromatic rings. The first-order chi connectivity index (χ1) is 16.0. The van der Waals surface area contributed by atoms with E-state index in [1.165, 1.54) is 16.6 Å². The molecule has 0 spiro atoms. The zero-order chi connectivity index (χ0) is 24.4. The average molecular weight is 472 g/mol. The lowest BCUT2D eigenvalue weighted by molar-refractivity contribution is -0.141. The normalized spacial score (nSPS) is 18.4. The first-order valence-electron chi connectivity index (χ1n) is 10.5. The number of nitrogens with one attached hydrogen (secondary N) is 1. The molecule has 2 aliphatic heterocycles. The van der Waals surface area contributed by atoms with Crippen LogP contribution in [0.3, 0.4) is 0 Å². The number of alkyl halides is 3. The number of carbonyl (C=O) groups excluding carboxylic acids is 3. The number of hydrogen-bond donors (Lipinski definition) is 1. The second kappa shape index (κ2) is 7.54. The number of carbonyl (C=O) groups is 3. The highest BCUT2D eigenvalue weighted by Gasteiger charge is 2.39. The van der Waals surface area contributed by atoms with Gasteiger partial charge >= 0.3 is 6.18 Å².